The number of amides is 1. The Kier molecular flexibility index (Phi) is 4.62. The van der Waals surface area contributed by atoms with E-state index >= 15 is 0 Å². The molecule has 3 rings (SSSR count). The Morgan fingerprint density at radius 2 is 2.04 bits per heavy atom. The summed E-state index contributed by atoms with van der Waals surface area (Å²) in [6, 6.07) is 12.7. The third kappa shape index (κ3) is 3.31. The first kappa shape index (κ1) is 16.2. The molecule has 1 unspecified atom stereocenters. The lowest BCUT2D eigenvalue weighted by Gasteiger charge is -2.14. The van der Waals surface area contributed by atoms with Crippen LogP contribution in [0.4, 0.5) is 5.69 Å². The summed E-state index contributed by atoms with van der Waals surface area (Å²) >= 11 is 0. The number of benzene rings is 2. The zero-order chi connectivity index (χ0) is 17.1. The smallest absolute Gasteiger partial charge is 0.335 e. The van der Waals surface area contributed by atoms with Crippen molar-refractivity contribution >= 4 is 17.6 Å². The monoisotopic (exact) mass is 325 g/mol. The molecule has 1 amide bonds. The number of nitrogens with one attached hydrogen (secondary N) is 1. The highest BCUT2D eigenvalue weighted by Crippen LogP contribution is 2.33. The van der Waals surface area contributed by atoms with Crippen LogP contribution in [-0.2, 0) is 22.6 Å². The van der Waals surface area contributed by atoms with E-state index in [1.165, 1.54) is 11.6 Å². The van der Waals surface area contributed by atoms with Crippen LogP contribution in [0.1, 0.15) is 39.4 Å². The second-order valence-electron chi connectivity index (χ2n) is 5.94. The summed E-state index contributed by atoms with van der Waals surface area (Å²) in [5, 5.41) is 12.1. The number of aryl methyl sites for hydroxylation is 1. The summed E-state index contributed by atoms with van der Waals surface area (Å²) in [6.07, 6.45) is 1.66. The van der Waals surface area contributed by atoms with Crippen molar-refractivity contribution in [2.75, 3.05) is 12.4 Å². The van der Waals surface area contributed by atoms with E-state index in [9.17, 15) is 14.7 Å². The number of aromatic carboxylic acids is 1. The van der Waals surface area contributed by atoms with Gasteiger partial charge in [0.05, 0.1) is 18.1 Å². The fraction of sp³-hybridized carbons (Fsp3) is 0.263. The largest absolute Gasteiger partial charge is 0.478 e. The summed E-state index contributed by atoms with van der Waals surface area (Å²) in [6.45, 7) is 0.288. The molecular weight excluding hydrogens is 306 g/mol. The van der Waals surface area contributed by atoms with Gasteiger partial charge >= 0.3 is 5.97 Å². The minimum absolute atomic E-state index is 0.106. The normalized spacial score (nSPS) is 15.8. The summed E-state index contributed by atoms with van der Waals surface area (Å²) in [4.78, 5) is 23.9. The van der Waals surface area contributed by atoms with Crippen molar-refractivity contribution in [1.29, 1.82) is 0 Å². The average Bonchev–Trinajstić information content (AvgIpc) is 2.99. The summed E-state index contributed by atoms with van der Waals surface area (Å²) in [7, 11) is 1.54. The van der Waals surface area contributed by atoms with Crippen LogP contribution in [-0.4, -0.2) is 24.1 Å². The van der Waals surface area contributed by atoms with E-state index < -0.39 is 5.97 Å². The lowest BCUT2D eigenvalue weighted by molar-refractivity contribution is -0.117. The van der Waals surface area contributed by atoms with E-state index in [1.54, 1.807) is 19.2 Å². The predicted octanol–water partition coefficient (Wildman–Crippen LogP) is 3.20. The Morgan fingerprint density at radius 3 is 2.79 bits per heavy atom. The molecule has 0 aromatic heterocycles. The number of fused-ring (bicyclic) bond motifs is 1. The van der Waals surface area contributed by atoms with E-state index in [2.05, 4.69) is 5.32 Å². The van der Waals surface area contributed by atoms with Crippen LogP contribution in [0.3, 0.4) is 0 Å². The lowest BCUT2D eigenvalue weighted by Crippen LogP contribution is -2.19. The van der Waals surface area contributed by atoms with Gasteiger partial charge in [-0.3, -0.25) is 4.79 Å². The van der Waals surface area contributed by atoms with Gasteiger partial charge in [-0.25, -0.2) is 4.79 Å². The highest BCUT2D eigenvalue weighted by Gasteiger charge is 2.28. The van der Waals surface area contributed by atoms with E-state index in [0.29, 0.717) is 11.3 Å². The lowest BCUT2D eigenvalue weighted by atomic mass is 10.00. The Morgan fingerprint density at radius 1 is 1.25 bits per heavy atom. The first-order valence-corrected chi connectivity index (χ1v) is 7.83. The molecule has 1 atom stereocenters. The third-order valence-corrected chi connectivity index (χ3v) is 4.27. The Hall–Kier alpha value is -2.66. The fourth-order valence-electron chi connectivity index (χ4n) is 3.20. The van der Waals surface area contributed by atoms with Crippen LogP contribution in [0.25, 0.3) is 0 Å². The molecule has 2 aromatic carbocycles. The SMILES string of the molecule is COCc1cc(NC(=O)C2CCc3ccccc32)cc(C(=O)O)c1. The van der Waals surface area contributed by atoms with E-state index in [-0.39, 0.29) is 24.0 Å². The van der Waals surface area contributed by atoms with Gasteiger partial charge in [0.1, 0.15) is 0 Å². The predicted molar refractivity (Wildman–Crippen MR) is 90.2 cm³/mol. The molecule has 0 radical (unpaired) electrons. The summed E-state index contributed by atoms with van der Waals surface area (Å²) in [5.74, 6) is -1.33. The van der Waals surface area contributed by atoms with Crippen LogP contribution in [0, 0.1) is 0 Å². The first-order chi connectivity index (χ1) is 11.6. The van der Waals surface area contributed by atoms with Gasteiger partial charge in [0.2, 0.25) is 5.91 Å². The summed E-state index contributed by atoms with van der Waals surface area (Å²) < 4.78 is 5.06. The first-order valence-electron chi connectivity index (χ1n) is 7.83. The number of anilines is 1. The number of hydrogen-bond donors (Lipinski definition) is 2. The van der Waals surface area contributed by atoms with Crippen molar-refractivity contribution in [3.05, 3.63) is 64.7 Å². The molecular formula is C19H19NO4. The molecule has 5 nitrogen and oxygen atoms in total. The molecule has 2 N–H and O–H groups in total. The number of carbonyl (C=O) groups is 2. The topological polar surface area (TPSA) is 75.6 Å². The number of ether oxygens (including phenoxy) is 1. The van der Waals surface area contributed by atoms with Crippen LogP contribution < -0.4 is 5.32 Å². The molecule has 2 aromatic rings. The van der Waals surface area contributed by atoms with Gasteiger partial charge in [0, 0.05) is 12.8 Å². The molecule has 0 spiro atoms. The number of carboxylic acid groups (broad SMARTS) is 1. The average molecular weight is 325 g/mol. The van der Waals surface area contributed by atoms with E-state index in [0.717, 1.165) is 18.4 Å². The number of methoxy groups -OCH3 is 1. The maximum atomic E-state index is 12.6. The Bertz CT molecular complexity index is 785. The number of carbonyl (C=O) groups excluding carboxylic acids is 1. The molecule has 0 bridgehead atoms. The minimum Gasteiger partial charge on any atom is -0.478 e. The van der Waals surface area contributed by atoms with Crippen LogP contribution in [0.5, 0.6) is 0 Å². The second-order valence-corrected chi connectivity index (χ2v) is 5.94. The molecule has 0 heterocycles. The Balaban J connectivity index is 1.83. The van der Waals surface area contributed by atoms with Gasteiger partial charge in [0.25, 0.3) is 0 Å². The molecule has 0 saturated carbocycles. The van der Waals surface area contributed by atoms with Crippen molar-refractivity contribution in [2.45, 2.75) is 25.4 Å². The molecule has 24 heavy (non-hydrogen) atoms. The quantitative estimate of drug-likeness (QED) is 0.885. The maximum absolute atomic E-state index is 12.6. The molecule has 124 valence electrons. The van der Waals surface area contributed by atoms with Gasteiger partial charge in [-0.1, -0.05) is 24.3 Å². The third-order valence-electron chi connectivity index (χ3n) is 4.27. The zero-order valence-electron chi connectivity index (χ0n) is 13.4. The number of hydrogen-bond acceptors (Lipinski definition) is 3. The van der Waals surface area contributed by atoms with Gasteiger partial charge < -0.3 is 15.2 Å². The van der Waals surface area contributed by atoms with Crippen LogP contribution >= 0.6 is 0 Å². The van der Waals surface area contributed by atoms with Gasteiger partial charge in [-0.15, -0.1) is 0 Å². The van der Waals surface area contributed by atoms with Crippen molar-refractivity contribution < 1.29 is 19.4 Å². The number of carboxylic acids is 1. The Labute approximate surface area is 140 Å². The van der Waals surface area contributed by atoms with Crippen molar-refractivity contribution in [3.8, 4) is 0 Å². The molecule has 1 aliphatic carbocycles. The highest BCUT2D eigenvalue weighted by atomic mass is 16.5. The van der Waals surface area contributed by atoms with Gasteiger partial charge in [-0.2, -0.15) is 0 Å². The fourth-order valence-corrected chi connectivity index (χ4v) is 3.20. The maximum Gasteiger partial charge on any atom is 0.335 e. The van der Waals surface area contributed by atoms with Crippen LogP contribution in [0.2, 0.25) is 0 Å². The van der Waals surface area contributed by atoms with Gasteiger partial charge in [0.15, 0.2) is 0 Å². The second kappa shape index (κ2) is 6.84. The van der Waals surface area contributed by atoms with E-state index in [1.807, 2.05) is 24.3 Å². The highest BCUT2D eigenvalue weighted by molar-refractivity contribution is 5.98. The minimum atomic E-state index is -1.03. The molecule has 0 saturated heterocycles. The van der Waals surface area contributed by atoms with Crippen molar-refractivity contribution in [1.82, 2.24) is 0 Å². The standard InChI is InChI=1S/C19H19NO4/c1-24-11-12-8-14(19(22)23)10-15(9-12)20-18(21)17-7-6-13-4-2-3-5-16(13)17/h2-5,8-10,17H,6-7,11H2,1H3,(H,20,21)(H,22,23). The molecule has 0 fully saturated rings. The van der Waals surface area contributed by atoms with Gasteiger partial charge in [-0.05, 0) is 47.7 Å². The molecule has 5 heteroatoms. The molecule has 0 aliphatic heterocycles. The summed E-state index contributed by atoms with van der Waals surface area (Å²) in [5.41, 5.74) is 3.58. The number of rotatable bonds is 5. The van der Waals surface area contributed by atoms with E-state index in [4.69, 9.17) is 4.74 Å². The van der Waals surface area contributed by atoms with Crippen LogP contribution in [0.15, 0.2) is 42.5 Å². The van der Waals surface area contributed by atoms with Crippen molar-refractivity contribution in [3.63, 3.8) is 0 Å². The van der Waals surface area contributed by atoms with Crippen molar-refractivity contribution in [2.24, 2.45) is 0 Å². The zero-order valence-corrected chi connectivity index (χ0v) is 13.4. The molecule has 1 aliphatic rings.